The van der Waals surface area contributed by atoms with E-state index in [0.717, 1.165) is 170 Å². The van der Waals surface area contributed by atoms with Gasteiger partial charge in [-0.2, -0.15) is 15.8 Å². The summed E-state index contributed by atoms with van der Waals surface area (Å²) in [6, 6.07) is 98.1. The second kappa shape index (κ2) is 50.0. The van der Waals surface area contributed by atoms with E-state index in [9.17, 15) is 0 Å². The van der Waals surface area contributed by atoms with E-state index in [-0.39, 0.29) is 0 Å². The van der Waals surface area contributed by atoms with Crippen LogP contribution in [0.1, 0.15) is 107 Å². The number of ether oxygens (including phenoxy) is 1. The van der Waals surface area contributed by atoms with Crippen molar-refractivity contribution in [3.63, 3.8) is 0 Å². The molecule has 0 amide bonds. The first kappa shape index (κ1) is 94.5. The molecular formula is C104H97Br4N23O. The number of pyridine rings is 4. The maximum atomic E-state index is 9.01. The van der Waals surface area contributed by atoms with Gasteiger partial charge < -0.3 is 23.0 Å². The van der Waals surface area contributed by atoms with E-state index in [1.807, 2.05) is 164 Å². The normalized spacial score (nSPS) is 11.0. The summed E-state index contributed by atoms with van der Waals surface area (Å²) in [5, 5.41) is 62.5. The highest BCUT2D eigenvalue weighted by Crippen LogP contribution is 2.24. The molecule has 28 heteroatoms. The first-order chi connectivity index (χ1) is 64.7. The molecule has 17 rings (SSSR count). The molecule has 132 heavy (non-hydrogen) atoms. The van der Waals surface area contributed by atoms with Gasteiger partial charge in [0.2, 0.25) is 0 Å². The van der Waals surface area contributed by atoms with Crippen molar-refractivity contribution >= 4 is 74.6 Å². The van der Waals surface area contributed by atoms with Crippen LogP contribution in [0.15, 0.2) is 347 Å². The fraction of sp³-hybridized carbons (Fsp3) is 0.202. The molecule has 9 aromatic carbocycles. The highest BCUT2D eigenvalue weighted by molar-refractivity contribution is 9.11. The lowest BCUT2D eigenvalue weighted by molar-refractivity contribution is 0.247. The van der Waals surface area contributed by atoms with Gasteiger partial charge >= 0.3 is 0 Å². The van der Waals surface area contributed by atoms with Crippen LogP contribution in [0.2, 0.25) is 0 Å². The van der Waals surface area contributed by atoms with E-state index < -0.39 is 0 Å². The van der Waals surface area contributed by atoms with Crippen LogP contribution in [-0.2, 0) is 104 Å². The van der Waals surface area contributed by atoms with Crippen LogP contribution in [0.4, 0.5) is 0 Å². The van der Waals surface area contributed by atoms with Crippen LogP contribution < -0.4 is 4.74 Å². The van der Waals surface area contributed by atoms with Gasteiger partial charge in [0.05, 0.1) is 111 Å². The van der Waals surface area contributed by atoms with Gasteiger partial charge in [0.15, 0.2) is 0 Å². The van der Waals surface area contributed by atoms with Crippen molar-refractivity contribution in [2.45, 2.75) is 104 Å². The molecular weight excluding hydrogens is 1910 g/mol. The predicted octanol–water partition coefficient (Wildman–Crippen LogP) is 19.7. The number of hydrogen-bond acceptors (Lipinski definition) is 20. The molecule has 8 heterocycles. The number of fused-ring (bicyclic) bond motifs is 1. The summed E-state index contributed by atoms with van der Waals surface area (Å²) in [7, 11) is 1.69. The van der Waals surface area contributed by atoms with E-state index in [4.69, 9.17) is 25.5 Å². The average molecular weight is 2000 g/mol. The second-order valence-corrected chi connectivity index (χ2v) is 35.3. The van der Waals surface area contributed by atoms with Crippen LogP contribution in [0.5, 0.6) is 5.75 Å². The van der Waals surface area contributed by atoms with Crippen LogP contribution >= 0.6 is 63.7 Å². The number of halogens is 4. The minimum atomic E-state index is 0.659. The zero-order chi connectivity index (χ0) is 91.3. The van der Waals surface area contributed by atoms with E-state index in [2.05, 4.69) is 309 Å². The van der Waals surface area contributed by atoms with Gasteiger partial charge in [0.1, 0.15) is 54.4 Å². The molecule has 662 valence electrons. The Morgan fingerprint density at radius 2 is 0.689 bits per heavy atom. The molecule has 0 unspecified atom stereocenters. The zero-order valence-corrected chi connectivity index (χ0v) is 79.4. The number of nitriles is 3. The van der Waals surface area contributed by atoms with Gasteiger partial charge in [0, 0.05) is 107 Å². The molecule has 0 radical (unpaired) electrons. The molecule has 0 aliphatic rings. The van der Waals surface area contributed by atoms with Gasteiger partial charge in [-0.05, 0) is 221 Å². The number of para-hydroxylation sites is 1. The van der Waals surface area contributed by atoms with Crippen LogP contribution in [0, 0.1) is 34.0 Å². The summed E-state index contributed by atoms with van der Waals surface area (Å²) < 4.78 is 18.0. The van der Waals surface area contributed by atoms with Crippen molar-refractivity contribution in [1.29, 1.82) is 15.8 Å². The lowest BCUT2D eigenvalue weighted by Crippen LogP contribution is -2.27. The highest BCUT2D eigenvalue weighted by atomic mass is 79.9. The molecule has 0 spiro atoms. The zero-order valence-electron chi connectivity index (χ0n) is 73.0. The molecule has 0 aliphatic heterocycles. The topological polar surface area (TPSA) is 268 Å². The second-order valence-electron chi connectivity index (χ2n) is 31.7. The van der Waals surface area contributed by atoms with Crippen molar-refractivity contribution in [3.8, 4) is 24.0 Å². The Labute approximate surface area is 803 Å². The standard InChI is InChI=1S/C29H28BrN5O.3C25H23BrN6/c1-36-27-7-4-5-23(17-27)18-35-21-31-33-29(35)20-34(16-15-22-9-12-25(30)13-10-22)19-26-14-11-24-6-2-3-8-28(24)32-26;26-24-7-5-20(6-8-24)11-14-31(16-23-9-12-28-13-10-23)18-25-30-29-19-32(25)17-22-3-1-21(15-27)2-4-22;26-24-9-7-20(8-10-24)11-13-31(16-23-2-1-12-28-15-23)18-25-30-29-19-32(25)17-22-5-3-21(14-27)4-6-22;26-23-10-8-20(9-11-23)12-14-31(17-24-3-1-2-13-28-24)18-25-30-29-19-32(25)16-22-6-4-21(15-27)5-7-22/h2-14,17,21H,15-16,18-20H2,1H3;1-10,12-13,19H,11,14,16-18H2;1-10,12,15,19H,11,13,16-18H2;1-11,13,19H,12,14,16-18H2. The van der Waals surface area contributed by atoms with E-state index >= 15 is 0 Å². The lowest BCUT2D eigenvalue weighted by Gasteiger charge is -2.22. The van der Waals surface area contributed by atoms with Gasteiger partial charge in [-0.1, -0.05) is 197 Å². The number of hydrogen-bond donors (Lipinski definition) is 0. The molecule has 0 saturated heterocycles. The maximum Gasteiger partial charge on any atom is 0.147 e. The number of nitrogens with zero attached hydrogens (tertiary/aromatic N) is 23. The number of rotatable bonds is 37. The molecule has 0 fully saturated rings. The Kier molecular flexibility index (Phi) is 35.8. The minimum Gasteiger partial charge on any atom is -0.497 e. The fourth-order valence-corrected chi connectivity index (χ4v) is 15.9. The molecule has 17 aromatic rings. The Morgan fingerprint density at radius 3 is 1.08 bits per heavy atom. The average Bonchev–Trinajstić information content (AvgIpc) is 1.81. The van der Waals surface area contributed by atoms with Gasteiger partial charge in [0.25, 0.3) is 0 Å². The third-order valence-electron chi connectivity index (χ3n) is 22.0. The van der Waals surface area contributed by atoms with Crippen LogP contribution in [-0.4, -0.2) is 132 Å². The molecule has 0 N–H and O–H groups in total. The monoisotopic (exact) mass is 2000 g/mol. The fourth-order valence-electron chi connectivity index (χ4n) is 14.8. The SMILES string of the molecule is COc1cccc(Cn2cnnc2CN(CCc2ccc(Br)cc2)Cc2ccc3ccccc3n2)c1.N#Cc1ccc(Cn2cnnc2CN(CCc2ccc(Br)cc2)Cc2ccccn2)cc1.N#Cc1ccc(Cn2cnnc2CN(CCc2ccc(Br)cc2)Cc2cccnc2)cc1.N#Cc1ccc(Cn2cnnc2CN(CCc2ccc(Br)cc2)Cc2ccncc2)cc1. The van der Waals surface area contributed by atoms with Gasteiger partial charge in [-0.3, -0.25) is 39.5 Å². The molecule has 24 nitrogen and oxygen atoms in total. The number of methoxy groups -OCH3 is 1. The van der Waals surface area contributed by atoms with Crippen LogP contribution in [0.3, 0.4) is 0 Å². The molecule has 0 bridgehead atoms. The van der Waals surface area contributed by atoms with E-state index in [1.54, 1.807) is 38.6 Å². The van der Waals surface area contributed by atoms with Crippen molar-refractivity contribution in [1.82, 2.24) is 98.6 Å². The van der Waals surface area contributed by atoms with Crippen LogP contribution in [0.25, 0.3) is 10.9 Å². The third kappa shape index (κ3) is 30.3. The number of benzene rings is 9. The first-order valence-electron chi connectivity index (χ1n) is 43.2. The van der Waals surface area contributed by atoms with Crippen molar-refractivity contribution < 1.29 is 4.74 Å². The quantitative estimate of drug-likeness (QED) is 0.0350. The largest absolute Gasteiger partial charge is 0.497 e. The van der Waals surface area contributed by atoms with Crippen molar-refractivity contribution in [2.75, 3.05) is 33.3 Å². The lowest BCUT2D eigenvalue weighted by atomic mass is 10.1. The summed E-state index contributed by atoms with van der Waals surface area (Å²) in [5.41, 5.74) is 17.1. The predicted molar refractivity (Wildman–Crippen MR) is 525 cm³/mol. The smallest absolute Gasteiger partial charge is 0.147 e. The molecule has 0 aliphatic carbocycles. The maximum absolute atomic E-state index is 9.01. The van der Waals surface area contributed by atoms with Crippen molar-refractivity contribution in [3.05, 3.63) is 454 Å². The van der Waals surface area contributed by atoms with Crippen molar-refractivity contribution in [2.24, 2.45) is 0 Å². The summed E-state index contributed by atoms with van der Waals surface area (Å²) in [4.78, 5) is 27.3. The summed E-state index contributed by atoms with van der Waals surface area (Å²) >= 11 is 14.0. The van der Waals surface area contributed by atoms with E-state index in [0.29, 0.717) is 69.0 Å². The van der Waals surface area contributed by atoms with E-state index in [1.165, 1.54) is 33.4 Å². The Bertz CT molecular complexity index is 6060. The first-order valence-corrected chi connectivity index (χ1v) is 46.4. The van der Waals surface area contributed by atoms with Gasteiger partial charge in [-0.15, -0.1) is 40.8 Å². The summed E-state index contributed by atoms with van der Waals surface area (Å²) in [6.07, 6.45) is 20.1. The molecule has 8 aromatic heterocycles. The minimum absolute atomic E-state index is 0.659. The number of aromatic nitrogens is 16. The van der Waals surface area contributed by atoms with Gasteiger partial charge in [-0.25, -0.2) is 0 Å². The highest BCUT2D eigenvalue weighted by Gasteiger charge is 2.20. The Hall–Kier alpha value is -13.6. The third-order valence-corrected chi connectivity index (χ3v) is 24.1. The Balaban J connectivity index is 0.000000142. The molecule has 0 atom stereocenters. The summed E-state index contributed by atoms with van der Waals surface area (Å²) in [5.74, 6) is 4.50. The molecule has 0 saturated carbocycles. The Morgan fingerprint density at radius 1 is 0.311 bits per heavy atom. The summed E-state index contributed by atoms with van der Waals surface area (Å²) in [6.45, 7) is 12.0.